The summed E-state index contributed by atoms with van der Waals surface area (Å²) >= 11 is 0. The molecule has 6 heteroatoms. The highest BCUT2D eigenvalue weighted by atomic mass is 16.6. The van der Waals surface area contributed by atoms with E-state index in [2.05, 4.69) is 130 Å². The van der Waals surface area contributed by atoms with Gasteiger partial charge in [-0.15, -0.1) is 0 Å². The van der Waals surface area contributed by atoms with E-state index >= 15 is 0 Å². The number of esters is 3. The van der Waals surface area contributed by atoms with Crippen LogP contribution in [-0.4, -0.2) is 37.2 Å². The zero-order valence-electron chi connectivity index (χ0n) is 40.0. The Hall–Kier alpha value is -4.45. The van der Waals surface area contributed by atoms with Gasteiger partial charge >= 0.3 is 17.9 Å². The van der Waals surface area contributed by atoms with Gasteiger partial charge in [0.2, 0.25) is 0 Å². The van der Waals surface area contributed by atoms with Gasteiger partial charge in [-0.2, -0.15) is 0 Å². The average Bonchev–Trinajstić information content (AvgIpc) is 3.28. The third-order valence-electron chi connectivity index (χ3n) is 9.67. The molecular formula is C57H88O6. The van der Waals surface area contributed by atoms with Gasteiger partial charge in [-0.05, 0) is 103 Å². The maximum atomic E-state index is 12.7. The van der Waals surface area contributed by atoms with Crippen molar-refractivity contribution in [3.8, 4) is 0 Å². The van der Waals surface area contributed by atoms with E-state index in [1.807, 2.05) is 18.2 Å². The fraction of sp³-hybridized carbons (Fsp3) is 0.561. The van der Waals surface area contributed by atoms with Crippen molar-refractivity contribution in [3.05, 3.63) is 134 Å². The predicted octanol–water partition coefficient (Wildman–Crippen LogP) is 16.3. The molecule has 0 saturated carbocycles. The molecule has 63 heavy (non-hydrogen) atoms. The first-order valence-corrected chi connectivity index (χ1v) is 24.7. The number of hydrogen-bond donors (Lipinski definition) is 0. The molecule has 0 aliphatic rings. The molecule has 0 rings (SSSR count). The van der Waals surface area contributed by atoms with Crippen LogP contribution in [-0.2, 0) is 28.6 Å². The maximum absolute atomic E-state index is 12.7. The molecule has 0 spiro atoms. The molecule has 1 unspecified atom stereocenters. The topological polar surface area (TPSA) is 78.9 Å². The first-order chi connectivity index (χ1) is 31.0. The molecule has 0 radical (unpaired) electrons. The Morgan fingerprint density at radius 2 is 0.698 bits per heavy atom. The molecule has 352 valence electrons. The van der Waals surface area contributed by atoms with Crippen molar-refractivity contribution in [1.82, 2.24) is 0 Å². The number of rotatable bonds is 42. The fourth-order valence-corrected chi connectivity index (χ4v) is 6.03. The molecule has 1 atom stereocenters. The van der Waals surface area contributed by atoms with Crippen molar-refractivity contribution in [3.63, 3.8) is 0 Å². The predicted molar refractivity (Wildman–Crippen MR) is 269 cm³/mol. The van der Waals surface area contributed by atoms with Crippen LogP contribution in [0.15, 0.2) is 134 Å². The zero-order valence-corrected chi connectivity index (χ0v) is 40.0. The van der Waals surface area contributed by atoms with E-state index in [9.17, 15) is 14.4 Å². The third kappa shape index (κ3) is 48.4. The van der Waals surface area contributed by atoms with Crippen molar-refractivity contribution in [2.75, 3.05) is 13.2 Å². The van der Waals surface area contributed by atoms with Gasteiger partial charge in [0.15, 0.2) is 6.10 Å². The number of carbonyl (C=O) groups excluding carboxylic acids is 3. The monoisotopic (exact) mass is 869 g/mol. The van der Waals surface area contributed by atoms with E-state index in [1.54, 1.807) is 6.08 Å². The Morgan fingerprint density at radius 3 is 1.14 bits per heavy atom. The lowest BCUT2D eigenvalue weighted by Gasteiger charge is -2.18. The van der Waals surface area contributed by atoms with Crippen molar-refractivity contribution >= 4 is 17.9 Å². The number of carbonyl (C=O) groups is 3. The molecule has 0 fully saturated rings. The van der Waals surface area contributed by atoms with E-state index in [0.29, 0.717) is 19.3 Å². The van der Waals surface area contributed by atoms with E-state index < -0.39 is 12.1 Å². The Morgan fingerprint density at radius 1 is 0.349 bits per heavy atom. The SMILES string of the molecule is CC/C=C\C/C=C\C/C=C\C/C=C\C/C=C\CC(=O)OC(COC(=O)CC/C=C\C/C=C\C/C=C\C/C=C\CC)COC(=O)CCCCCCCCC/C=C\C/C=C\CCCCC. The average molecular weight is 869 g/mol. The second kappa shape index (κ2) is 50.2. The molecule has 6 nitrogen and oxygen atoms in total. The van der Waals surface area contributed by atoms with Gasteiger partial charge in [-0.25, -0.2) is 0 Å². The van der Waals surface area contributed by atoms with Crippen molar-refractivity contribution in [2.45, 2.75) is 194 Å². The molecule has 0 aliphatic heterocycles. The van der Waals surface area contributed by atoms with E-state index in [0.717, 1.165) is 83.5 Å². The third-order valence-corrected chi connectivity index (χ3v) is 9.67. The van der Waals surface area contributed by atoms with Gasteiger partial charge in [-0.1, -0.05) is 199 Å². The second-order valence-electron chi connectivity index (χ2n) is 15.6. The van der Waals surface area contributed by atoms with E-state index in [1.165, 1.54) is 51.4 Å². The number of allylic oxidation sites excluding steroid dienone is 21. The van der Waals surface area contributed by atoms with E-state index in [4.69, 9.17) is 14.2 Å². The molecule has 0 aliphatic carbocycles. The summed E-state index contributed by atoms with van der Waals surface area (Å²) < 4.78 is 16.6. The van der Waals surface area contributed by atoms with Gasteiger partial charge in [0.25, 0.3) is 0 Å². The molecule has 0 aromatic rings. The minimum Gasteiger partial charge on any atom is -0.462 e. The Bertz CT molecular complexity index is 1420. The van der Waals surface area contributed by atoms with Gasteiger partial charge in [0.05, 0.1) is 6.42 Å². The molecule has 0 amide bonds. The fourth-order valence-electron chi connectivity index (χ4n) is 6.03. The Labute approximate surface area is 385 Å². The Balaban J connectivity index is 4.62. The van der Waals surface area contributed by atoms with Crippen LogP contribution in [0.3, 0.4) is 0 Å². The van der Waals surface area contributed by atoms with Crippen LogP contribution in [0.25, 0.3) is 0 Å². The standard InChI is InChI=1S/C57H88O6/c1-4-7-10-13-16-19-22-25-27-28-30-32-35-38-41-44-47-50-56(59)62-53-54(52-61-55(58)49-46-43-40-37-34-31-24-21-18-15-12-9-6-3)63-57(60)51-48-45-42-39-36-33-29-26-23-20-17-14-11-8-5-2/h8-9,11-12,16-21,25-27,29,31,34,36,39-40,43,45,48,54H,4-7,10,13-15,22-24,28,30,32-33,35,37-38,41-42,44,46-47,49-53H2,1-3H3/b11-8-,12-9-,19-16-,20-17-,21-18-,27-25-,29-26-,34-31-,39-36-,43-40-,48-45-. The van der Waals surface area contributed by atoms with Crippen LogP contribution in [0.5, 0.6) is 0 Å². The number of unbranched alkanes of at least 4 members (excludes halogenated alkanes) is 10. The van der Waals surface area contributed by atoms with Gasteiger partial charge in [0.1, 0.15) is 13.2 Å². The van der Waals surface area contributed by atoms with Gasteiger partial charge in [-0.3, -0.25) is 14.4 Å². The van der Waals surface area contributed by atoms with Crippen molar-refractivity contribution in [1.29, 1.82) is 0 Å². The van der Waals surface area contributed by atoms with Gasteiger partial charge in [0, 0.05) is 12.8 Å². The molecule has 0 saturated heterocycles. The van der Waals surface area contributed by atoms with Crippen LogP contribution in [0.1, 0.15) is 188 Å². The highest BCUT2D eigenvalue weighted by molar-refractivity contribution is 5.72. The minimum absolute atomic E-state index is 0.0747. The molecular weight excluding hydrogens is 781 g/mol. The van der Waals surface area contributed by atoms with Crippen LogP contribution in [0.2, 0.25) is 0 Å². The second-order valence-corrected chi connectivity index (χ2v) is 15.6. The lowest BCUT2D eigenvalue weighted by Crippen LogP contribution is -2.30. The molecule has 0 bridgehead atoms. The van der Waals surface area contributed by atoms with Gasteiger partial charge < -0.3 is 14.2 Å². The maximum Gasteiger partial charge on any atom is 0.310 e. The summed E-state index contributed by atoms with van der Waals surface area (Å²) in [5.41, 5.74) is 0. The lowest BCUT2D eigenvalue weighted by molar-refractivity contribution is -0.166. The van der Waals surface area contributed by atoms with Crippen molar-refractivity contribution in [2.24, 2.45) is 0 Å². The quantitative estimate of drug-likeness (QED) is 0.0263. The first-order valence-electron chi connectivity index (χ1n) is 24.7. The molecule has 0 aromatic heterocycles. The van der Waals surface area contributed by atoms with Crippen LogP contribution >= 0.6 is 0 Å². The highest BCUT2D eigenvalue weighted by Crippen LogP contribution is 2.12. The van der Waals surface area contributed by atoms with Crippen LogP contribution in [0.4, 0.5) is 0 Å². The zero-order chi connectivity index (χ0) is 45.8. The van der Waals surface area contributed by atoms with Crippen LogP contribution < -0.4 is 0 Å². The normalized spacial score (nSPS) is 13.3. The number of ether oxygens (including phenoxy) is 3. The number of hydrogen-bond acceptors (Lipinski definition) is 6. The largest absolute Gasteiger partial charge is 0.462 e. The molecule has 0 N–H and O–H groups in total. The summed E-state index contributed by atoms with van der Waals surface area (Å²) in [6.07, 6.45) is 70.4. The van der Waals surface area contributed by atoms with Crippen LogP contribution in [0, 0.1) is 0 Å². The summed E-state index contributed by atoms with van der Waals surface area (Å²) in [6, 6.07) is 0. The smallest absolute Gasteiger partial charge is 0.310 e. The molecule has 0 aromatic carbocycles. The summed E-state index contributed by atoms with van der Waals surface area (Å²) in [7, 11) is 0. The molecule has 0 heterocycles. The first kappa shape index (κ1) is 58.6. The summed E-state index contributed by atoms with van der Waals surface area (Å²) in [4.78, 5) is 37.8. The van der Waals surface area contributed by atoms with Crippen molar-refractivity contribution < 1.29 is 28.6 Å². The summed E-state index contributed by atoms with van der Waals surface area (Å²) in [6.45, 7) is 6.20. The lowest BCUT2D eigenvalue weighted by atomic mass is 10.1. The summed E-state index contributed by atoms with van der Waals surface area (Å²) in [5.74, 6) is -1.18. The minimum atomic E-state index is -0.868. The highest BCUT2D eigenvalue weighted by Gasteiger charge is 2.19. The van der Waals surface area contributed by atoms with E-state index in [-0.39, 0.29) is 38.0 Å². The Kier molecular flexibility index (Phi) is 46.7. The summed E-state index contributed by atoms with van der Waals surface area (Å²) in [5, 5.41) is 0.